The molecule has 2 atom stereocenters. The van der Waals surface area contributed by atoms with Gasteiger partial charge in [0.1, 0.15) is 5.75 Å². The molecule has 0 aliphatic carbocycles. The Hall–Kier alpha value is -2.22. The van der Waals surface area contributed by atoms with Crippen LogP contribution in [0, 0.1) is 11.8 Å². The molecule has 1 aromatic heterocycles. The van der Waals surface area contributed by atoms with Crippen LogP contribution in [-0.4, -0.2) is 51.6 Å². The van der Waals surface area contributed by atoms with Crippen LogP contribution < -0.4 is 10.6 Å². The third-order valence-electron chi connectivity index (χ3n) is 4.56. The minimum Gasteiger partial charge on any atom is -0.497 e. The largest absolute Gasteiger partial charge is 0.497 e. The van der Waals surface area contributed by atoms with E-state index in [-0.39, 0.29) is 5.91 Å². The van der Waals surface area contributed by atoms with Gasteiger partial charge in [0, 0.05) is 18.7 Å². The van der Waals surface area contributed by atoms with Crippen LogP contribution >= 0.6 is 11.8 Å². The van der Waals surface area contributed by atoms with Gasteiger partial charge in [0.15, 0.2) is 5.82 Å². The Balaban J connectivity index is 1.63. The second-order valence-electron chi connectivity index (χ2n) is 6.94. The standard InChI is InChI=1S/C18H25N5O2S/c1-12-8-13(2)10-22(9-12)16(24)11-26-18-21-20-17(23(18)19)14-4-6-15(25-3)7-5-14/h4-7,12-13H,8-11,19H2,1-3H3/t12-,13+. The number of hydrogen-bond donors (Lipinski definition) is 1. The fourth-order valence-corrected chi connectivity index (χ4v) is 4.16. The molecular weight excluding hydrogens is 350 g/mol. The first-order valence-electron chi connectivity index (χ1n) is 8.73. The molecule has 0 bridgehead atoms. The first-order chi connectivity index (χ1) is 12.5. The van der Waals surface area contributed by atoms with Crippen LogP contribution in [0.2, 0.25) is 0 Å². The SMILES string of the molecule is COc1ccc(-c2nnc(SCC(=O)N3C[C@H](C)C[C@H](C)C3)n2N)cc1. The van der Waals surface area contributed by atoms with Crippen molar-refractivity contribution in [3.05, 3.63) is 24.3 Å². The Morgan fingerprint density at radius 2 is 1.88 bits per heavy atom. The zero-order valence-corrected chi connectivity index (χ0v) is 16.2. The summed E-state index contributed by atoms with van der Waals surface area (Å²) in [6.07, 6.45) is 1.18. The molecule has 1 fully saturated rings. The van der Waals surface area contributed by atoms with E-state index in [1.165, 1.54) is 22.9 Å². The van der Waals surface area contributed by atoms with Gasteiger partial charge in [-0.05, 0) is 42.5 Å². The van der Waals surface area contributed by atoms with Crippen molar-refractivity contribution in [2.75, 3.05) is 31.8 Å². The second-order valence-corrected chi connectivity index (χ2v) is 7.88. The minimum absolute atomic E-state index is 0.127. The lowest BCUT2D eigenvalue weighted by molar-refractivity contribution is -0.130. The van der Waals surface area contributed by atoms with E-state index >= 15 is 0 Å². The van der Waals surface area contributed by atoms with Gasteiger partial charge in [0.25, 0.3) is 0 Å². The van der Waals surface area contributed by atoms with E-state index in [0.29, 0.717) is 28.6 Å². The van der Waals surface area contributed by atoms with Gasteiger partial charge >= 0.3 is 0 Å². The molecule has 2 aromatic rings. The maximum absolute atomic E-state index is 12.5. The predicted molar refractivity (Wildman–Crippen MR) is 102 cm³/mol. The normalized spacial score (nSPS) is 20.2. The Labute approximate surface area is 157 Å². The number of rotatable bonds is 5. The number of carbonyl (C=O) groups excluding carboxylic acids is 1. The molecule has 3 rings (SSSR count). The fourth-order valence-electron chi connectivity index (χ4n) is 3.40. The summed E-state index contributed by atoms with van der Waals surface area (Å²) >= 11 is 1.32. The first kappa shape index (κ1) is 18.6. The maximum atomic E-state index is 12.5. The van der Waals surface area contributed by atoms with Gasteiger partial charge in [-0.15, -0.1) is 10.2 Å². The number of likely N-dealkylation sites (tertiary alicyclic amines) is 1. The molecule has 0 spiro atoms. The van der Waals surface area contributed by atoms with E-state index in [4.69, 9.17) is 10.6 Å². The van der Waals surface area contributed by atoms with Gasteiger partial charge in [-0.25, -0.2) is 4.68 Å². The Kier molecular flexibility index (Phi) is 5.70. The molecule has 2 heterocycles. The van der Waals surface area contributed by atoms with E-state index in [9.17, 15) is 4.79 Å². The lowest BCUT2D eigenvalue weighted by Crippen LogP contribution is -2.43. The van der Waals surface area contributed by atoms with Gasteiger partial charge < -0.3 is 15.5 Å². The summed E-state index contributed by atoms with van der Waals surface area (Å²) in [6, 6.07) is 7.45. The van der Waals surface area contributed by atoms with Gasteiger partial charge in [0.2, 0.25) is 11.1 Å². The molecule has 8 heteroatoms. The number of hydrogen-bond acceptors (Lipinski definition) is 6. The molecule has 26 heavy (non-hydrogen) atoms. The van der Waals surface area contributed by atoms with Crippen molar-refractivity contribution in [1.82, 2.24) is 19.8 Å². The van der Waals surface area contributed by atoms with Gasteiger partial charge in [-0.1, -0.05) is 25.6 Å². The highest BCUT2D eigenvalue weighted by atomic mass is 32.2. The second kappa shape index (κ2) is 7.99. The zero-order valence-electron chi connectivity index (χ0n) is 15.4. The highest BCUT2D eigenvalue weighted by Crippen LogP contribution is 2.25. The molecule has 140 valence electrons. The first-order valence-corrected chi connectivity index (χ1v) is 9.72. The summed E-state index contributed by atoms with van der Waals surface area (Å²) in [5.74, 6) is 8.99. The van der Waals surface area contributed by atoms with Crippen LogP contribution in [0.15, 0.2) is 29.4 Å². The Morgan fingerprint density at radius 1 is 1.23 bits per heavy atom. The van der Waals surface area contributed by atoms with Crippen LogP contribution in [0.25, 0.3) is 11.4 Å². The lowest BCUT2D eigenvalue weighted by Gasteiger charge is -2.34. The quantitative estimate of drug-likeness (QED) is 0.637. The zero-order chi connectivity index (χ0) is 18.7. The number of thioether (sulfide) groups is 1. The molecule has 1 aromatic carbocycles. The monoisotopic (exact) mass is 375 g/mol. The smallest absolute Gasteiger partial charge is 0.233 e. The van der Waals surface area contributed by atoms with Crippen LogP contribution in [0.5, 0.6) is 5.75 Å². The van der Waals surface area contributed by atoms with Crippen molar-refractivity contribution in [1.29, 1.82) is 0 Å². The maximum Gasteiger partial charge on any atom is 0.233 e. The number of benzene rings is 1. The number of carbonyl (C=O) groups is 1. The number of methoxy groups -OCH3 is 1. The molecule has 0 saturated carbocycles. The highest BCUT2D eigenvalue weighted by Gasteiger charge is 2.25. The molecule has 0 radical (unpaired) electrons. The predicted octanol–water partition coefficient (Wildman–Crippen LogP) is 2.26. The molecule has 2 N–H and O–H groups in total. The molecule has 7 nitrogen and oxygen atoms in total. The number of nitrogen functional groups attached to an aromatic ring is 1. The Morgan fingerprint density at radius 3 is 2.50 bits per heavy atom. The van der Waals surface area contributed by atoms with Crippen LogP contribution in [-0.2, 0) is 4.79 Å². The minimum atomic E-state index is 0.127. The average molecular weight is 375 g/mol. The van der Waals surface area contributed by atoms with Crippen LogP contribution in [0.3, 0.4) is 0 Å². The van der Waals surface area contributed by atoms with Crippen LogP contribution in [0.1, 0.15) is 20.3 Å². The molecular formula is C18H25N5O2S. The molecule has 1 saturated heterocycles. The summed E-state index contributed by atoms with van der Waals surface area (Å²) in [5, 5.41) is 8.82. The van der Waals surface area contributed by atoms with Crippen LogP contribution in [0.4, 0.5) is 0 Å². The number of nitrogens with two attached hydrogens (primary N) is 1. The third kappa shape index (κ3) is 4.12. The molecule has 1 aliphatic rings. The van der Waals surface area contributed by atoms with Crippen molar-refractivity contribution in [3.8, 4) is 17.1 Å². The van der Waals surface area contributed by atoms with E-state index in [0.717, 1.165) is 24.4 Å². The number of nitrogens with zero attached hydrogens (tertiary/aromatic N) is 4. The van der Waals surface area contributed by atoms with E-state index < -0.39 is 0 Å². The summed E-state index contributed by atoms with van der Waals surface area (Å²) < 4.78 is 6.59. The van der Waals surface area contributed by atoms with Crippen molar-refractivity contribution >= 4 is 17.7 Å². The average Bonchev–Trinajstić information content (AvgIpc) is 2.99. The van der Waals surface area contributed by atoms with Crippen molar-refractivity contribution < 1.29 is 9.53 Å². The van der Waals surface area contributed by atoms with E-state index in [1.807, 2.05) is 29.2 Å². The summed E-state index contributed by atoms with van der Waals surface area (Å²) in [5.41, 5.74) is 0.845. The highest BCUT2D eigenvalue weighted by molar-refractivity contribution is 7.99. The molecule has 0 unspecified atom stereocenters. The van der Waals surface area contributed by atoms with E-state index in [1.54, 1.807) is 7.11 Å². The fraction of sp³-hybridized carbons (Fsp3) is 0.500. The summed E-state index contributed by atoms with van der Waals surface area (Å²) in [6.45, 7) is 6.05. The van der Waals surface area contributed by atoms with E-state index in [2.05, 4.69) is 24.0 Å². The molecule has 1 amide bonds. The number of ether oxygens (including phenoxy) is 1. The molecule has 1 aliphatic heterocycles. The Bertz CT molecular complexity index is 751. The topological polar surface area (TPSA) is 86.3 Å². The number of amides is 1. The lowest BCUT2D eigenvalue weighted by atomic mass is 9.92. The number of aromatic nitrogens is 3. The van der Waals surface area contributed by atoms with Gasteiger partial charge in [-0.3, -0.25) is 4.79 Å². The van der Waals surface area contributed by atoms with Gasteiger partial charge in [0.05, 0.1) is 12.9 Å². The van der Waals surface area contributed by atoms with Gasteiger partial charge in [-0.2, -0.15) is 0 Å². The van der Waals surface area contributed by atoms with Crippen molar-refractivity contribution in [2.24, 2.45) is 11.8 Å². The number of piperidine rings is 1. The van der Waals surface area contributed by atoms with Crippen molar-refractivity contribution in [3.63, 3.8) is 0 Å². The third-order valence-corrected chi connectivity index (χ3v) is 5.49. The summed E-state index contributed by atoms with van der Waals surface area (Å²) in [7, 11) is 1.62. The summed E-state index contributed by atoms with van der Waals surface area (Å²) in [4.78, 5) is 14.5. The van der Waals surface area contributed by atoms with Crippen molar-refractivity contribution in [2.45, 2.75) is 25.4 Å².